The van der Waals surface area contributed by atoms with Crippen molar-refractivity contribution >= 4 is 5.82 Å². The van der Waals surface area contributed by atoms with Crippen LogP contribution in [-0.4, -0.2) is 17.1 Å². The fourth-order valence-electron chi connectivity index (χ4n) is 0.687. The second-order valence-corrected chi connectivity index (χ2v) is 1.93. The minimum atomic E-state index is 0.314. The van der Waals surface area contributed by atoms with Crippen LogP contribution in [0.1, 0.15) is 5.82 Å². The van der Waals surface area contributed by atoms with Crippen LogP contribution in [0.4, 0.5) is 5.82 Å². The van der Waals surface area contributed by atoms with Crippen LogP contribution in [-0.2, 0) is 0 Å². The molecule has 0 N–H and O–H groups in total. The molecule has 0 aliphatic rings. The first-order chi connectivity index (χ1) is 5.26. The van der Waals surface area contributed by atoms with Gasteiger partial charge in [0.2, 0.25) is 11.7 Å². The van der Waals surface area contributed by atoms with Crippen molar-refractivity contribution in [2.24, 2.45) is 0 Å². The smallest absolute Gasteiger partial charge is 0.276 e. The molecule has 0 spiro atoms. The molecule has 56 valence electrons. The molecule has 0 amide bonds. The van der Waals surface area contributed by atoms with Crippen molar-refractivity contribution in [3.63, 3.8) is 0 Å². The Bertz CT molecular complexity index is 303. The molecule has 0 unspecified atom stereocenters. The molecule has 0 bridgehead atoms. The van der Waals surface area contributed by atoms with Crippen LogP contribution in [0.25, 0.3) is 4.85 Å². The van der Waals surface area contributed by atoms with E-state index in [4.69, 9.17) is 11.3 Å². The van der Waals surface area contributed by atoms with E-state index in [1.165, 1.54) is 13.2 Å². The van der Waals surface area contributed by atoms with Crippen LogP contribution < -0.4 is 4.74 Å². The number of ether oxygens (including phenoxy) is 1. The van der Waals surface area contributed by atoms with Gasteiger partial charge in [-0.15, -0.1) is 4.98 Å². The number of aromatic nitrogens is 2. The number of hydrogen-bond donors (Lipinski definition) is 0. The Morgan fingerprint density at radius 3 is 2.82 bits per heavy atom. The Morgan fingerprint density at radius 2 is 2.27 bits per heavy atom. The van der Waals surface area contributed by atoms with Gasteiger partial charge in [0, 0.05) is 13.0 Å². The molecule has 4 heteroatoms. The summed E-state index contributed by atoms with van der Waals surface area (Å²) in [6.07, 6.45) is 0. The maximum atomic E-state index is 6.69. The van der Waals surface area contributed by atoms with Crippen molar-refractivity contribution in [2.45, 2.75) is 6.92 Å². The van der Waals surface area contributed by atoms with Gasteiger partial charge in [-0.3, -0.25) is 0 Å². The monoisotopic (exact) mass is 149 g/mol. The standard InChI is InChI=1S/C7H7N3O/c1-5-9-6(8-2)4-7(10-5)11-3/h4H,1,3H3. The van der Waals surface area contributed by atoms with E-state index in [9.17, 15) is 0 Å². The van der Waals surface area contributed by atoms with Gasteiger partial charge in [-0.1, -0.05) is 6.57 Å². The summed E-state index contributed by atoms with van der Waals surface area (Å²) in [6.45, 7) is 8.41. The van der Waals surface area contributed by atoms with Crippen LogP contribution in [0.3, 0.4) is 0 Å². The van der Waals surface area contributed by atoms with Gasteiger partial charge >= 0.3 is 0 Å². The third-order valence-electron chi connectivity index (χ3n) is 1.12. The molecular weight excluding hydrogens is 142 g/mol. The molecule has 0 aliphatic carbocycles. The van der Waals surface area contributed by atoms with Crippen molar-refractivity contribution in [1.29, 1.82) is 0 Å². The van der Waals surface area contributed by atoms with Crippen molar-refractivity contribution in [2.75, 3.05) is 7.11 Å². The van der Waals surface area contributed by atoms with Gasteiger partial charge < -0.3 is 9.58 Å². The lowest BCUT2D eigenvalue weighted by Gasteiger charge is -1.96. The summed E-state index contributed by atoms with van der Waals surface area (Å²) < 4.78 is 4.84. The average Bonchev–Trinajstić information content (AvgIpc) is 2.03. The van der Waals surface area contributed by atoms with E-state index in [2.05, 4.69) is 14.8 Å². The maximum Gasteiger partial charge on any atom is 0.276 e. The highest BCUT2D eigenvalue weighted by Gasteiger charge is 2.01. The number of rotatable bonds is 1. The van der Waals surface area contributed by atoms with Gasteiger partial charge in [0.25, 0.3) is 5.82 Å². The number of aryl methyl sites for hydroxylation is 1. The second-order valence-electron chi connectivity index (χ2n) is 1.93. The molecule has 4 nitrogen and oxygen atoms in total. The van der Waals surface area contributed by atoms with E-state index >= 15 is 0 Å². The van der Waals surface area contributed by atoms with Gasteiger partial charge in [0.05, 0.1) is 7.11 Å². The summed E-state index contributed by atoms with van der Waals surface area (Å²) in [4.78, 5) is 10.9. The molecule has 0 radical (unpaired) electrons. The highest BCUT2D eigenvalue weighted by atomic mass is 16.5. The Kier molecular flexibility index (Phi) is 2.02. The van der Waals surface area contributed by atoms with Crippen molar-refractivity contribution in [1.82, 2.24) is 9.97 Å². The lowest BCUT2D eigenvalue weighted by atomic mass is 10.5. The number of methoxy groups -OCH3 is 1. The molecule has 0 fully saturated rings. The van der Waals surface area contributed by atoms with E-state index in [0.717, 1.165) is 0 Å². The Hall–Kier alpha value is -1.63. The summed E-state index contributed by atoms with van der Waals surface area (Å²) in [5.74, 6) is 1.30. The Morgan fingerprint density at radius 1 is 1.55 bits per heavy atom. The minimum absolute atomic E-state index is 0.314. The minimum Gasteiger partial charge on any atom is -0.482 e. The average molecular weight is 149 g/mol. The Labute approximate surface area is 64.7 Å². The van der Waals surface area contributed by atoms with Crippen LogP contribution in [0.15, 0.2) is 6.07 Å². The third kappa shape index (κ3) is 1.64. The van der Waals surface area contributed by atoms with E-state index in [0.29, 0.717) is 17.5 Å². The number of nitrogens with zero attached hydrogens (tertiary/aromatic N) is 3. The zero-order valence-electron chi connectivity index (χ0n) is 6.33. The fourth-order valence-corrected chi connectivity index (χ4v) is 0.687. The van der Waals surface area contributed by atoms with Crippen LogP contribution in [0.2, 0.25) is 0 Å². The van der Waals surface area contributed by atoms with Crippen LogP contribution in [0, 0.1) is 13.5 Å². The van der Waals surface area contributed by atoms with Gasteiger partial charge in [-0.05, 0) is 0 Å². The van der Waals surface area contributed by atoms with Gasteiger partial charge in [0.15, 0.2) is 0 Å². The van der Waals surface area contributed by atoms with E-state index in [1.54, 1.807) is 6.92 Å². The predicted molar refractivity (Wildman–Crippen MR) is 39.6 cm³/mol. The van der Waals surface area contributed by atoms with Gasteiger partial charge in [-0.2, -0.15) is 4.98 Å². The molecule has 1 aromatic heterocycles. The summed E-state index contributed by atoms with van der Waals surface area (Å²) in [7, 11) is 1.51. The van der Waals surface area contributed by atoms with Gasteiger partial charge in [-0.25, -0.2) is 0 Å². The lowest BCUT2D eigenvalue weighted by Crippen LogP contribution is -1.91. The van der Waals surface area contributed by atoms with Gasteiger partial charge in [0.1, 0.15) is 0 Å². The van der Waals surface area contributed by atoms with Crippen LogP contribution in [0.5, 0.6) is 5.88 Å². The summed E-state index contributed by atoms with van der Waals surface area (Å²) in [5, 5.41) is 0. The molecule has 0 aliphatic heterocycles. The van der Waals surface area contributed by atoms with E-state index in [1.807, 2.05) is 0 Å². The SMILES string of the molecule is [C-]#[N+]c1cc(OC)nc(C)n1. The first-order valence-electron chi connectivity index (χ1n) is 3.03. The normalized spacial score (nSPS) is 8.82. The molecule has 0 atom stereocenters. The lowest BCUT2D eigenvalue weighted by molar-refractivity contribution is 0.396. The number of hydrogen-bond acceptors (Lipinski definition) is 3. The molecule has 0 saturated heterocycles. The quantitative estimate of drug-likeness (QED) is 0.565. The highest BCUT2D eigenvalue weighted by Crippen LogP contribution is 2.14. The van der Waals surface area contributed by atoms with E-state index < -0.39 is 0 Å². The zero-order valence-corrected chi connectivity index (χ0v) is 6.33. The topological polar surface area (TPSA) is 39.4 Å². The maximum absolute atomic E-state index is 6.69. The van der Waals surface area contributed by atoms with Crippen LogP contribution >= 0.6 is 0 Å². The summed E-state index contributed by atoms with van der Waals surface area (Å²) in [5.41, 5.74) is 0. The summed E-state index contributed by atoms with van der Waals surface area (Å²) in [6, 6.07) is 1.50. The largest absolute Gasteiger partial charge is 0.482 e. The zero-order chi connectivity index (χ0) is 8.27. The third-order valence-corrected chi connectivity index (χ3v) is 1.12. The molecule has 1 aromatic rings. The molecule has 11 heavy (non-hydrogen) atoms. The van der Waals surface area contributed by atoms with Crippen molar-refractivity contribution in [3.8, 4) is 5.88 Å². The predicted octanol–water partition coefficient (Wildman–Crippen LogP) is 1.34. The fraction of sp³-hybridized carbons (Fsp3) is 0.286. The molecule has 0 aromatic carbocycles. The summed E-state index contributed by atoms with van der Waals surface area (Å²) >= 11 is 0. The molecule has 0 saturated carbocycles. The Balaban J connectivity index is 3.15. The highest BCUT2D eigenvalue weighted by molar-refractivity contribution is 5.38. The van der Waals surface area contributed by atoms with E-state index in [-0.39, 0.29) is 0 Å². The first-order valence-corrected chi connectivity index (χ1v) is 3.03. The van der Waals surface area contributed by atoms with Crippen molar-refractivity contribution in [3.05, 3.63) is 23.3 Å². The van der Waals surface area contributed by atoms with Crippen molar-refractivity contribution < 1.29 is 4.74 Å². The molecular formula is C7H7N3O. The molecule has 1 rings (SSSR count). The first kappa shape index (κ1) is 7.48. The second kappa shape index (κ2) is 2.97. The molecule has 1 heterocycles.